The van der Waals surface area contributed by atoms with Crippen molar-refractivity contribution in [2.45, 2.75) is 38.4 Å². The molecular weight excluding hydrogens is 208 g/mol. The molecule has 90 valence electrons. The van der Waals surface area contributed by atoms with Crippen molar-refractivity contribution in [1.29, 1.82) is 0 Å². The lowest BCUT2D eigenvalue weighted by Crippen LogP contribution is -2.54. The van der Waals surface area contributed by atoms with Crippen LogP contribution >= 0.6 is 0 Å². The standard InChI is InChI=1S/C11H18N2O3/c1-11(2)4-3-8(16-11)7-13-9(14)5-12-6-10(13)15/h8,12H,3-7H2,1-2H3. The molecule has 0 radical (unpaired) electrons. The Bertz CT molecular complexity index is 298. The van der Waals surface area contributed by atoms with Crippen LogP contribution < -0.4 is 5.32 Å². The first-order chi connectivity index (χ1) is 7.48. The molecule has 2 fully saturated rings. The number of rotatable bonds is 2. The van der Waals surface area contributed by atoms with Gasteiger partial charge in [0.2, 0.25) is 11.8 Å². The number of carbonyl (C=O) groups excluding carboxylic acids is 2. The number of imide groups is 1. The fourth-order valence-corrected chi connectivity index (χ4v) is 2.22. The predicted molar refractivity (Wildman–Crippen MR) is 57.8 cm³/mol. The highest BCUT2D eigenvalue weighted by Gasteiger charge is 2.35. The van der Waals surface area contributed by atoms with Crippen LogP contribution in [-0.4, -0.2) is 48.1 Å². The van der Waals surface area contributed by atoms with Crippen molar-refractivity contribution in [2.75, 3.05) is 19.6 Å². The average Bonchev–Trinajstić information content (AvgIpc) is 2.52. The minimum absolute atomic E-state index is 0.000926. The molecule has 16 heavy (non-hydrogen) atoms. The van der Waals surface area contributed by atoms with Crippen LogP contribution in [0.5, 0.6) is 0 Å². The highest BCUT2D eigenvalue weighted by atomic mass is 16.5. The molecule has 0 aliphatic carbocycles. The number of ether oxygens (including phenoxy) is 1. The fraction of sp³-hybridized carbons (Fsp3) is 0.818. The van der Waals surface area contributed by atoms with Gasteiger partial charge in [0.15, 0.2) is 0 Å². The van der Waals surface area contributed by atoms with Gasteiger partial charge in [-0.2, -0.15) is 0 Å². The molecule has 5 heteroatoms. The van der Waals surface area contributed by atoms with E-state index < -0.39 is 0 Å². The molecule has 5 nitrogen and oxygen atoms in total. The van der Waals surface area contributed by atoms with Crippen molar-refractivity contribution < 1.29 is 14.3 Å². The van der Waals surface area contributed by atoms with Crippen molar-refractivity contribution in [3.63, 3.8) is 0 Å². The zero-order valence-electron chi connectivity index (χ0n) is 9.78. The number of hydrogen-bond donors (Lipinski definition) is 1. The minimum Gasteiger partial charge on any atom is -0.370 e. The monoisotopic (exact) mass is 226 g/mol. The van der Waals surface area contributed by atoms with E-state index in [1.807, 2.05) is 13.8 Å². The molecule has 2 aliphatic heterocycles. The summed E-state index contributed by atoms with van der Waals surface area (Å²) in [7, 11) is 0. The maximum atomic E-state index is 11.5. The van der Waals surface area contributed by atoms with Crippen molar-refractivity contribution in [2.24, 2.45) is 0 Å². The lowest BCUT2D eigenvalue weighted by Gasteiger charge is -2.28. The normalized spacial score (nSPS) is 29.9. The Hall–Kier alpha value is -0.940. The van der Waals surface area contributed by atoms with Gasteiger partial charge in [0.1, 0.15) is 0 Å². The van der Waals surface area contributed by atoms with Crippen molar-refractivity contribution in [3.8, 4) is 0 Å². The van der Waals surface area contributed by atoms with Gasteiger partial charge >= 0.3 is 0 Å². The van der Waals surface area contributed by atoms with Crippen LogP contribution in [0.1, 0.15) is 26.7 Å². The summed E-state index contributed by atoms with van der Waals surface area (Å²) in [6.45, 7) is 4.98. The Morgan fingerprint density at radius 1 is 1.38 bits per heavy atom. The molecule has 2 amide bonds. The highest BCUT2D eigenvalue weighted by Crippen LogP contribution is 2.29. The van der Waals surface area contributed by atoms with Gasteiger partial charge in [-0.15, -0.1) is 0 Å². The van der Waals surface area contributed by atoms with E-state index >= 15 is 0 Å². The molecule has 0 aromatic heterocycles. The molecule has 2 heterocycles. The Balaban J connectivity index is 1.94. The summed E-state index contributed by atoms with van der Waals surface area (Å²) in [6.07, 6.45) is 1.89. The molecule has 0 spiro atoms. The largest absolute Gasteiger partial charge is 0.370 e. The highest BCUT2D eigenvalue weighted by molar-refractivity contribution is 5.99. The first kappa shape index (κ1) is 11.5. The molecule has 1 atom stereocenters. The van der Waals surface area contributed by atoms with Gasteiger partial charge in [0.05, 0.1) is 31.3 Å². The lowest BCUT2D eigenvalue weighted by molar-refractivity contribution is -0.149. The van der Waals surface area contributed by atoms with E-state index in [1.165, 1.54) is 4.90 Å². The van der Waals surface area contributed by atoms with E-state index in [9.17, 15) is 9.59 Å². The molecule has 0 bridgehead atoms. The van der Waals surface area contributed by atoms with E-state index in [2.05, 4.69) is 5.32 Å². The zero-order valence-corrected chi connectivity index (χ0v) is 9.78. The molecular formula is C11H18N2O3. The van der Waals surface area contributed by atoms with Gasteiger partial charge in [0, 0.05) is 0 Å². The number of piperazine rings is 1. The summed E-state index contributed by atoms with van der Waals surface area (Å²) in [5.74, 6) is -0.297. The Kier molecular flexibility index (Phi) is 2.99. The summed E-state index contributed by atoms with van der Waals surface area (Å²) < 4.78 is 5.78. The lowest BCUT2D eigenvalue weighted by atomic mass is 10.1. The minimum atomic E-state index is -0.149. The first-order valence-corrected chi connectivity index (χ1v) is 5.70. The van der Waals surface area contributed by atoms with Crippen LogP contribution in [0.3, 0.4) is 0 Å². The molecule has 1 N–H and O–H groups in total. The zero-order chi connectivity index (χ0) is 11.8. The SMILES string of the molecule is CC1(C)CCC(CN2C(=O)CNCC2=O)O1. The maximum Gasteiger partial charge on any atom is 0.243 e. The number of nitrogens with zero attached hydrogens (tertiary/aromatic N) is 1. The van der Waals surface area contributed by atoms with Crippen LogP contribution in [0.15, 0.2) is 0 Å². The van der Waals surface area contributed by atoms with Crippen LogP contribution in [0.25, 0.3) is 0 Å². The Morgan fingerprint density at radius 3 is 2.50 bits per heavy atom. The summed E-state index contributed by atoms with van der Waals surface area (Å²) in [6, 6.07) is 0. The average molecular weight is 226 g/mol. The van der Waals surface area contributed by atoms with Gasteiger partial charge in [-0.05, 0) is 26.7 Å². The van der Waals surface area contributed by atoms with Crippen LogP contribution in [-0.2, 0) is 14.3 Å². The first-order valence-electron chi connectivity index (χ1n) is 5.70. The topological polar surface area (TPSA) is 58.6 Å². The third-order valence-electron chi connectivity index (χ3n) is 3.09. The second kappa shape index (κ2) is 4.14. The van der Waals surface area contributed by atoms with Crippen molar-refractivity contribution in [3.05, 3.63) is 0 Å². The second-order valence-corrected chi connectivity index (χ2v) is 5.04. The molecule has 2 saturated heterocycles. The van der Waals surface area contributed by atoms with E-state index in [4.69, 9.17) is 4.74 Å². The fourth-order valence-electron chi connectivity index (χ4n) is 2.22. The molecule has 0 aromatic rings. The third kappa shape index (κ3) is 2.41. The molecule has 2 aliphatic rings. The number of nitrogens with one attached hydrogen (secondary N) is 1. The second-order valence-electron chi connectivity index (χ2n) is 5.04. The predicted octanol–water partition coefficient (Wildman–Crippen LogP) is -0.0976. The number of carbonyl (C=O) groups is 2. The number of hydrogen-bond acceptors (Lipinski definition) is 4. The molecule has 0 saturated carbocycles. The number of amides is 2. The summed E-state index contributed by atoms with van der Waals surface area (Å²) in [5.41, 5.74) is -0.120. The summed E-state index contributed by atoms with van der Waals surface area (Å²) in [4.78, 5) is 24.4. The molecule has 0 aromatic carbocycles. The van der Waals surface area contributed by atoms with Gasteiger partial charge in [-0.1, -0.05) is 0 Å². The Labute approximate surface area is 95.1 Å². The van der Waals surface area contributed by atoms with E-state index in [1.54, 1.807) is 0 Å². The molecule has 2 rings (SSSR count). The van der Waals surface area contributed by atoms with Crippen molar-refractivity contribution >= 4 is 11.8 Å². The Morgan fingerprint density at radius 2 is 2.00 bits per heavy atom. The molecule has 1 unspecified atom stereocenters. The van der Waals surface area contributed by atoms with Gasteiger partial charge in [0.25, 0.3) is 0 Å². The van der Waals surface area contributed by atoms with Gasteiger partial charge < -0.3 is 4.74 Å². The maximum absolute atomic E-state index is 11.5. The van der Waals surface area contributed by atoms with Crippen LogP contribution in [0.2, 0.25) is 0 Å². The van der Waals surface area contributed by atoms with Crippen LogP contribution in [0.4, 0.5) is 0 Å². The van der Waals surface area contributed by atoms with Gasteiger partial charge in [-0.3, -0.25) is 19.8 Å². The quantitative estimate of drug-likeness (QED) is 0.668. The smallest absolute Gasteiger partial charge is 0.243 e. The van der Waals surface area contributed by atoms with Crippen LogP contribution in [0, 0.1) is 0 Å². The summed E-state index contributed by atoms with van der Waals surface area (Å²) >= 11 is 0. The van der Waals surface area contributed by atoms with E-state index in [-0.39, 0.29) is 36.6 Å². The van der Waals surface area contributed by atoms with Crippen molar-refractivity contribution in [1.82, 2.24) is 10.2 Å². The van der Waals surface area contributed by atoms with E-state index in [0.29, 0.717) is 6.54 Å². The van der Waals surface area contributed by atoms with Gasteiger partial charge in [-0.25, -0.2) is 0 Å². The summed E-state index contributed by atoms with van der Waals surface area (Å²) in [5, 5.41) is 2.77. The van der Waals surface area contributed by atoms with E-state index in [0.717, 1.165) is 12.8 Å². The third-order valence-corrected chi connectivity index (χ3v) is 3.09.